The van der Waals surface area contributed by atoms with Crippen LogP contribution < -0.4 is 4.72 Å². The van der Waals surface area contributed by atoms with Gasteiger partial charge in [0.1, 0.15) is 10.6 Å². The zero-order chi connectivity index (χ0) is 14.6. The molecular weight excluding hydrogens is 272 g/mol. The van der Waals surface area contributed by atoms with Crippen molar-refractivity contribution in [3.63, 3.8) is 0 Å². The third-order valence-corrected chi connectivity index (χ3v) is 4.46. The molecule has 0 aromatic carbocycles. The number of rotatable bonds is 6. The number of aromatic nitrogens is 1. The molecule has 8 heteroatoms. The average Bonchev–Trinajstić information content (AvgIpc) is 2.68. The zero-order valence-corrected chi connectivity index (χ0v) is 12.2. The largest absolute Gasteiger partial charge is 0.469 e. The molecule has 1 aromatic rings. The standard InChI is InChI=1S/C11H18N2O5S/c1-5-9(6-10(14)17-4)13-19(15,16)11-7(2)12-18-8(11)3/h9,13H,5-6H2,1-4H3. The zero-order valence-electron chi connectivity index (χ0n) is 11.4. The highest BCUT2D eigenvalue weighted by molar-refractivity contribution is 7.89. The summed E-state index contributed by atoms with van der Waals surface area (Å²) < 4.78 is 36.3. The lowest BCUT2D eigenvalue weighted by atomic mass is 10.2. The number of aryl methyl sites for hydroxylation is 2. The molecule has 1 aromatic heterocycles. The molecule has 0 saturated carbocycles. The van der Waals surface area contributed by atoms with Crippen molar-refractivity contribution in [1.82, 2.24) is 9.88 Å². The smallest absolute Gasteiger partial charge is 0.307 e. The van der Waals surface area contributed by atoms with Crippen LogP contribution in [0.5, 0.6) is 0 Å². The van der Waals surface area contributed by atoms with Gasteiger partial charge in [0.05, 0.1) is 13.5 Å². The number of ether oxygens (including phenoxy) is 1. The Morgan fingerprint density at radius 3 is 2.53 bits per heavy atom. The third kappa shape index (κ3) is 3.77. The first-order valence-electron chi connectivity index (χ1n) is 5.83. The minimum atomic E-state index is -3.76. The van der Waals surface area contributed by atoms with Gasteiger partial charge in [0, 0.05) is 6.04 Å². The number of sulfonamides is 1. The van der Waals surface area contributed by atoms with E-state index in [1.807, 2.05) is 0 Å². The van der Waals surface area contributed by atoms with Crippen LogP contribution in [0.25, 0.3) is 0 Å². The number of hydrogen-bond acceptors (Lipinski definition) is 6. The highest BCUT2D eigenvalue weighted by Gasteiger charge is 2.27. The molecule has 19 heavy (non-hydrogen) atoms. The fourth-order valence-corrected chi connectivity index (χ4v) is 3.34. The summed E-state index contributed by atoms with van der Waals surface area (Å²) in [5.41, 5.74) is 0.290. The van der Waals surface area contributed by atoms with Gasteiger partial charge in [-0.3, -0.25) is 4.79 Å². The van der Waals surface area contributed by atoms with Gasteiger partial charge < -0.3 is 9.26 Å². The number of esters is 1. The summed E-state index contributed by atoms with van der Waals surface area (Å²) in [6.07, 6.45) is 0.452. The molecule has 0 aliphatic rings. The monoisotopic (exact) mass is 290 g/mol. The van der Waals surface area contributed by atoms with Crippen molar-refractivity contribution in [1.29, 1.82) is 0 Å². The van der Waals surface area contributed by atoms with E-state index >= 15 is 0 Å². The van der Waals surface area contributed by atoms with E-state index in [4.69, 9.17) is 4.52 Å². The summed E-state index contributed by atoms with van der Waals surface area (Å²) >= 11 is 0. The summed E-state index contributed by atoms with van der Waals surface area (Å²) in [6.45, 7) is 4.85. The molecule has 0 aliphatic carbocycles. The van der Waals surface area contributed by atoms with E-state index in [-0.39, 0.29) is 22.8 Å². The first-order valence-corrected chi connectivity index (χ1v) is 7.32. The molecule has 1 atom stereocenters. The quantitative estimate of drug-likeness (QED) is 0.782. The molecule has 0 bridgehead atoms. The molecule has 1 unspecified atom stereocenters. The van der Waals surface area contributed by atoms with Crippen LogP contribution in [0.4, 0.5) is 0 Å². The van der Waals surface area contributed by atoms with Crippen molar-refractivity contribution in [3.8, 4) is 0 Å². The van der Waals surface area contributed by atoms with Crippen molar-refractivity contribution >= 4 is 16.0 Å². The second kappa shape index (κ2) is 6.16. The number of hydrogen-bond donors (Lipinski definition) is 1. The summed E-state index contributed by atoms with van der Waals surface area (Å²) in [4.78, 5) is 11.2. The van der Waals surface area contributed by atoms with Crippen LogP contribution in [-0.2, 0) is 19.6 Å². The van der Waals surface area contributed by atoms with Gasteiger partial charge in [-0.1, -0.05) is 12.1 Å². The molecule has 7 nitrogen and oxygen atoms in total. The lowest BCUT2D eigenvalue weighted by Crippen LogP contribution is -2.36. The SMILES string of the molecule is CCC(CC(=O)OC)NS(=O)(=O)c1c(C)noc1C. The Morgan fingerprint density at radius 2 is 2.11 bits per heavy atom. The molecule has 0 saturated heterocycles. The van der Waals surface area contributed by atoms with E-state index in [1.54, 1.807) is 13.8 Å². The highest BCUT2D eigenvalue weighted by Crippen LogP contribution is 2.19. The van der Waals surface area contributed by atoms with Crippen LogP contribution in [0.3, 0.4) is 0 Å². The summed E-state index contributed by atoms with van der Waals surface area (Å²) in [7, 11) is -2.50. The Labute approximate surface area is 112 Å². The molecule has 0 fully saturated rings. The van der Waals surface area contributed by atoms with Crippen molar-refractivity contribution in [2.45, 2.75) is 44.6 Å². The number of nitrogens with zero attached hydrogens (tertiary/aromatic N) is 1. The first-order chi connectivity index (χ1) is 8.81. The molecule has 0 aliphatic heterocycles. The van der Waals surface area contributed by atoms with E-state index in [1.165, 1.54) is 14.0 Å². The van der Waals surface area contributed by atoms with Crippen molar-refractivity contribution in [3.05, 3.63) is 11.5 Å². The summed E-state index contributed by atoms with van der Waals surface area (Å²) in [5.74, 6) is -0.244. The average molecular weight is 290 g/mol. The van der Waals surface area contributed by atoms with Crippen LogP contribution in [-0.4, -0.2) is 32.7 Å². The third-order valence-electron chi connectivity index (χ3n) is 2.69. The van der Waals surface area contributed by atoms with Crippen LogP contribution in [0.2, 0.25) is 0 Å². The van der Waals surface area contributed by atoms with Gasteiger partial charge in [-0.2, -0.15) is 0 Å². The molecule has 0 radical (unpaired) electrons. The van der Waals surface area contributed by atoms with Gasteiger partial charge in [-0.15, -0.1) is 0 Å². The Bertz CT molecular complexity index is 530. The van der Waals surface area contributed by atoms with Gasteiger partial charge in [-0.25, -0.2) is 13.1 Å². The van der Waals surface area contributed by atoms with Crippen LogP contribution in [0.15, 0.2) is 9.42 Å². The van der Waals surface area contributed by atoms with Gasteiger partial charge in [0.15, 0.2) is 5.76 Å². The lowest BCUT2D eigenvalue weighted by Gasteiger charge is -2.15. The summed E-state index contributed by atoms with van der Waals surface area (Å²) in [5, 5.41) is 3.61. The molecule has 1 N–H and O–H groups in total. The fourth-order valence-electron chi connectivity index (χ4n) is 1.69. The second-order valence-electron chi connectivity index (χ2n) is 4.16. The minimum absolute atomic E-state index is 0.0182. The maximum absolute atomic E-state index is 12.2. The number of methoxy groups -OCH3 is 1. The Kier molecular flexibility index (Phi) is 5.07. The van der Waals surface area contributed by atoms with E-state index < -0.39 is 22.0 Å². The molecular formula is C11H18N2O5S. The van der Waals surface area contributed by atoms with Gasteiger partial charge in [0.2, 0.25) is 10.0 Å². The van der Waals surface area contributed by atoms with E-state index in [2.05, 4.69) is 14.6 Å². The van der Waals surface area contributed by atoms with Gasteiger partial charge in [0.25, 0.3) is 0 Å². The van der Waals surface area contributed by atoms with Crippen LogP contribution in [0.1, 0.15) is 31.2 Å². The van der Waals surface area contributed by atoms with Crippen LogP contribution in [0, 0.1) is 13.8 Å². The van der Waals surface area contributed by atoms with Gasteiger partial charge >= 0.3 is 5.97 Å². The molecule has 108 valence electrons. The van der Waals surface area contributed by atoms with Gasteiger partial charge in [-0.05, 0) is 20.3 Å². The summed E-state index contributed by atoms with van der Waals surface area (Å²) in [6, 6.07) is -0.522. The fraction of sp³-hybridized carbons (Fsp3) is 0.636. The molecule has 0 spiro atoms. The van der Waals surface area contributed by atoms with E-state index in [0.717, 1.165) is 0 Å². The molecule has 1 heterocycles. The van der Waals surface area contributed by atoms with Crippen molar-refractivity contribution in [2.75, 3.05) is 7.11 Å². The van der Waals surface area contributed by atoms with E-state index in [0.29, 0.717) is 6.42 Å². The van der Waals surface area contributed by atoms with Crippen molar-refractivity contribution < 1.29 is 22.5 Å². The Balaban J connectivity index is 2.93. The Hall–Kier alpha value is -1.41. The minimum Gasteiger partial charge on any atom is -0.469 e. The normalized spacial score (nSPS) is 13.3. The lowest BCUT2D eigenvalue weighted by molar-refractivity contribution is -0.141. The molecule has 1 rings (SSSR count). The maximum atomic E-state index is 12.2. The van der Waals surface area contributed by atoms with E-state index in [9.17, 15) is 13.2 Å². The number of carbonyl (C=O) groups excluding carboxylic acids is 1. The predicted octanol–water partition coefficient (Wildman–Crippen LogP) is 0.911. The number of nitrogens with one attached hydrogen (secondary N) is 1. The van der Waals surface area contributed by atoms with Crippen molar-refractivity contribution in [2.24, 2.45) is 0 Å². The molecule has 0 amide bonds. The van der Waals surface area contributed by atoms with Crippen LogP contribution >= 0.6 is 0 Å². The second-order valence-corrected chi connectivity index (χ2v) is 5.81. The number of carbonyl (C=O) groups is 1. The topological polar surface area (TPSA) is 98.5 Å². The first kappa shape index (κ1) is 15.6. The predicted molar refractivity (Wildman–Crippen MR) is 67.0 cm³/mol. The Morgan fingerprint density at radius 1 is 1.47 bits per heavy atom. The maximum Gasteiger partial charge on any atom is 0.307 e. The highest BCUT2D eigenvalue weighted by atomic mass is 32.2.